The predicted octanol–water partition coefficient (Wildman–Crippen LogP) is 3.74. The number of amides is 1. The number of aromatic nitrogens is 2. The van der Waals surface area contributed by atoms with Gasteiger partial charge in [-0.2, -0.15) is 0 Å². The zero-order valence-corrected chi connectivity index (χ0v) is 20.9. The number of carbonyl (C=O) groups excluding carboxylic acids is 1. The van der Waals surface area contributed by atoms with Crippen molar-refractivity contribution in [1.29, 1.82) is 0 Å². The molecule has 0 spiro atoms. The van der Waals surface area contributed by atoms with Crippen LogP contribution in [0.3, 0.4) is 0 Å². The van der Waals surface area contributed by atoms with Gasteiger partial charge in [-0.3, -0.25) is 0 Å². The fourth-order valence-corrected chi connectivity index (χ4v) is 5.32. The van der Waals surface area contributed by atoms with Crippen molar-refractivity contribution in [2.24, 2.45) is 0 Å². The van der Waals surface area contributed by atoms with Gasteiger partial charge in [0.05, 0.1) is 16.2 Å². The van der Waals surface area contributed by atoms with Crippen LogP contribution in [0.5, 0.6) is 5.88 Å². The van der Waals surface area contributed by atoms with Crippen LogP contribution >= 0.6 is 0 Å². The first kappa shape index (κ1) is 24.3. The van der Waals surface area contributed by atoms with Crippen LogP contribution in [0.4, 0.5) is 16.3 Å². The highest BCUT2D eigenvalue weighted by molar-refractivity contribution is 7.92. The molecule has 2 aliphatic rings. The van der Waals surface area contributed by atoms with E-state index in [4.69, 9.17) is 9.47 Å². The van der Waals surface area contributed by atoms with Gasteiger partial charge in [0.2, 0.25) is 5.88 Å². The number of nitrogens with zero attached hydrogens (tertiary/aromatic N) is 4. The van der Waals surface area contributed by atoms with Crippen LogP contribution in [0.1, 0.15) is 46.1 Å². The number of likely N-dealkylation sites (tertiary alicyclic amines) is 1. The Morgan fingerprint density at radius 2 is 1.79 bits per heavy atom. The first-order chi connectivity index (χ1) is 16.1. The second-order valence-electron chi connectivity index (χ2n) is 9.24. The van der Waals surface area contributed by atoms with Gasteiger partial charge in [-0.25, -0.2) is 23.2 Å². The van der Waals surface area contributed by atoms with Gasteiger partial charge in [0.1, 0.15) is 18.2 Å². The normalized spacial score (nSPS) is 16.8. The van der Waals surface area contributed by atoms with Crippen LogP contribution in [0.25, 0.3) is 0 Å². The average Bonchev–Trinajstić information content (AvgIpc) is 3.22. The molecule has 0 radical (unpaired) electrons. The SMILES string of the molecule is CC(C)OC(=O)N1CCC(Oc2cc(N3CCc4cc(S(=O)(=O)C(C)C)ccc43)ncn2)CC1. The van der Waals surface area contributed by atoms with Gasteiger partial charge in [0, 0.05) is 44.2 Å². The molecule has 0 unspecified atom stereocenters. The number of sulfone groups is 1. The number of ether oxygens (including phenoxy) is 2. The number of carbonyl (C=O) groups is 1. The van der Waals surface area contributed by atoms with Crippen molar-refractivity contribution in [2.75, 3.05) is 24.5 Å². The summed E-state index contributed by atoms with van der Waals surface area (Å²) < 4.78 is 36.5. The maximum atomic E-state index is 12.5. The molecule has 1 aromatic heterocycles. The highest BCUT2D eigenvalue weighted by Gasteiger charge is 2.28. The lowest BCUT2D eigenvalue weighted by Gasteiger charge is -2.31. The standard InChI is InChI=1S/C24H32N4O5S/c1-16(2)32-24(29)27-10-8-19(9-11-27)33-23-14-22(25-15-26-23)28-12-7-18-13-20(5-6-21(18)28)34(30,31)17(3)4/h5-6,13-17,19H,7-12H2,1-4H3. The molecule has 0 saturated carbocycles. The zero-order valence-electron chi connectivity index (χ0n) is 20.1. The number of fused-ring (bicyclic) bond motifs is 1. The van der Waals surface area contributed by atoms with Crippen LogP contribution in [0.2, 0.25) is 0 Å². The minimum Gasteiger partial charge on any atom is -0.474 e. The van der Waals surface area contributed by atoms with E-state index in [1.165, 1.54) is 6.33 Å². The second kappa shape index (κ2) is 9.77. The molecule has 3 heterocycles. The second-order valence-corrected chi connectivity index (χ2v) is 11.7. The summed E-state index contributed by atoms with van der Waals surface area (Å²) in [6.45, 7) is 8.92. The summed E-state index contributed by atoms with van der Waals surface area (Å²) in [5, 5.41) is -0.461. The molecule has 0 aliphatic carbocycles. The Kier molecular flexibility index (Phi) is 6.97. The molecule has 34 heavy (non-hydrogen) atoms. The molecule has 2 aromatic rings. The molecule has 0 bridgehead atoms. The van der Waals surface area contributed by atoms with Gasteiger partial charge in [0.25, 0.3) is 0 Å². The molecule has 1 aromatic carbocycles. The molecule has 2 aliphatic heterocycles. The Morgan fingerprint density at radius 1 is 1.06 bits per heavy atom. The van der Waals surface area contributed by atoms with Crippen molar-refractivity contribution in [1.82, 2.24) is 14.9 Å². The molecule has 1 saturated heterocycles. The number of hydrogen-bond donors (Lipinski definition) is 0. The first-order valence-electron chi connectivity index (χ1n) is 11.7. The van der Waals surface area contributed by atoms with E-state index in [0.717, 1.165) is 17.7 Å². The van der Waals surface area contributed by atoms with Crippen LogP contribution in [0.15, 0.2) is 35.5 Å². The minimum absolute atomic E-state index is 0.0412. The van der Waals surface area contributed by atoms with E-state index in [9.17, 15) is 13.2 Å². The molecular formula is C24H32N4O5S. The van der Waals surface area contributed by atoms with E-state index in [1.54, 1.807) is 30.9 Å². The highest BCUT2D eigenvalue weighted by atomic mass is 32.2. The predicted molar refractivity (Wildman–Crippen MR) is 128 cm³/mol. The van der Waals surface area contributed by atoms with Crippen LogP contribution in [0, 0.1) is 0 Å². The van der Waals surface area contributed by atoms with Crippen molar-refractivity contribution >= 4 is 27.4 Å². The monoisotopic (exact) mass is 488 g/mol. The Labute approximate surface area is 201 Å². The Hall–Kier alpha value is -2.88. The van der Waals surface area contributed by atoms with Gasteiger partial charge in [-0.15, -0.1) is 0 Å². The largest absolute Gasteiger partial charge is 0.474 e. The summed E-state index contributed by atoms with van der Waals surface area (Å²) in [7, 11) is -3.32. The third kappa shape index (κ3) is 5.11. The van der Waals surface area contributed by atoms with Crippen LogP contribution in [-0.2, 0) is 21.0 Å². The van der Waals surface area contributed by atoms with Crippen molar-refractivity contribution in [2.45, 2.75) is 69.3 Å². The Balaban J connectivity index is 1.42. The molecule has 10 heteroatoms. The molecule has 9 nitrogen and oxygen atoms in total. The van der Waals surface area contributed by atoms with Crippen molar-refractivity contribution in [3.8, 4) is 5.88 Å². The third-order valence-corrected chi connectivity index (χ3v) is 8.28. The fraction of sp³-hybridized carbons (Fsp3) is 0.542. The van der Waals surface area contributed by atoms with Crippen LogP contribution < -0.4 is 9.64 Å². The van der Waals surface area contributed by atoms with Gasteiger partial charge in [-0.1, -0.05) is 0 Å². The summed E-state index contributed by atoms with van der Waals surface area (Å²) in [5.41, 5.74) is 1.94. The summed E-state index contributed by atoms with van der Waals surface area (Å²) in [6, 6.07) is 7.12. The number of benzene rings is 1. The van der Waals surface area contributed by atoms with E-state index < -0.39 is 15.1 Å². The Morgan fingerprint density at radius 3 is 2.47 bits per heavy atom. The van der Waals surface area contributed by atoms with Crippen molar-refractivity contribution in [3.05, 3.63) is 36.2 Å². The molecular weight excluding hydrogens is 456 g/mol. The average molecular weight is 489 g/mol. The van der Waals surface area contributed by atoms with Gasteiger partial charge >= 0.3 is 6.09 Å². The summed E-state index contributed by atoms with van der Waals surface area (Å²) >= 11 is 0. The fourth-order valence-electron chi connectivity index (χ4n) is 4.21. The number of anilines is 2. The molecule has 184 valence electrons. The lowest BCUT2D eigenvalue weighted by Crippen LogP contribution is -2.42. The first-order valence-corrected chi connectivity index (χ1v) is 13.3. The molecule has 1 fully saturated rings. The van der Waals surface area contributed by atoms with Gasteiger partial charge < -0.3 is 19.3 Å². The van der Waals surface area contributed by atoms with Crippen molar-refractivity contribution in [3.63, 3.8) is 0 Å². The summed E-state index contributed by atoms with van der Waals surface area (Å²) in [5.74, 6) is 1.20. The van der Waals surface area contributed by atoms with E-state index in [1.807, 2.05) is 26.0 Å². The maximum Gasteiger partial charge on any atom is 0.410 e. The Bertz CT molecular complexity index is 1140. The minimum atomic E-state index is -3.32. The molecule has 4 rings (SSSR count). The topological polar surface area (TPSA) is 102 Å². The van der Waals surface area contributed by atoms with Gasteiger partial charge in [0.15, 0.2) is 9.84 Å². The zero-order chi connectivity index (χ0) is 24.5. The van der Waals surface area contributed by atoms with Crippen molar-refractivity contribution < 1.29 is 22.7 Å². The quantitative estimate of drug-likeness (QED) is 0.606. The van der Waals surface area contributed by atoms with Crippen LogP contribution in [-0.4, -0.2) is 66.5 Å². The van der Waals surface area contributed by atoms with E-state index in [-0.39, 0.29) is 18.3 Å². The summed E-state index contributed by atoms with van der Waals surface area (Å²) in [4.78, 5) is 24.9. The lowest BCUT2D eigenvalue weighted by molar-refractivity contribution is 0.0507. The third-order valence-electron chi connectivity index (χ3n) is 6.12. The number of piperidine rings is 1. The molecule has 0 N–H and O–H groups in total. The highest BCUT2D eigenvalue weighted by Crippen LogP contribution is 2.36. The molecule has 0 atom stereocenters. The number of rotatable bonds is 6. The lowest BCUT2D eigenvalue weighted by atomic mass is 10.1. The van der Waals surface area contributed by atoms with Gasteiger partial charge in [-0.05, 0) is 57.9 Å². The number of hydrogen-bond acceptors (Lipinski definition) is 8. The maximum absolute atomic E-state index is 12.5. The van der Waals surface area contributed by atoms with E-state index >= 15 is 0 Å². The smallest absolute Gasteiger partial charge is 0.410 e. The summed E-state index contributed by atoms with van der Waals surface area (Å²) in [6.07, 6.45) is 3.16. The van der Waals surface area contributed by atoms with E-state index in [0.29, 0.717) is 49.1 Å². The molecule has 1 amide bonds. The van der Waals surface area contributed by atoms with E-state index in [2.05, 4.69) is 14.9 Å².